The molecule has 0 saturated heterocycles. The first kappa shape index (κ1) is 14.8. The van der Waals surface area contributed by atoms with E-state index in [4.69, 9.17) is 4.42 Å². The molecule has 6 heteroatoms. The second kappa shape index (κ2) is 6.31. The van der Waals surface area contributed by atoms with Gasteiger partial charge in [-0.1, -0.05) is 6.07 Å². The Morgan fingerprint density at radius 1 is 1.22 bits per heavy atom. The maximum atomic E-state index is 11.2. The number of carbonyl (C=O) groups is 1. The number of aromatic nitrogens is 2. The summed E-state index contributed by atoms with van der Waals surface area (Å²) in [6.45, 7) is 3.44. The van der Waals surface area contributed by atoms with Crippen LogP contribution in [-0.2, 0) is 4.79 Å². The summed E-state index contributed by atoms with van der Waals surface area (Å²) in [5.74, 6) is 0.519. The van der Waals surface area contributed by atoms with Gasteiger partial charge in [-0.15, -0.1) is 0 Å². The molecule has 2 heterocycles. The summed E-state index contributed by atoms with van der Waals surface area (Å²) in [5.41, 5.74) is 3.40. The van der Waals surface area contributed by atoms with E-state index in [2.05, 4.69) is 20.6 Å². The Hall–Kier alpha value is -3.15. The molecule has 0 radical (unpaired) electrons. The molecule has 0 aliphatic heterocycles. The van der Waals surface area contributed by atoms with E-state index in [1.54, 1.807) is 18.6 Å². The predicted molar refractivity (Wildman–Crippen MR) is 88.5 cm³/mol. The molecule has 116 valence electrons. The molecule has 0 aliphatic rings. The van der Waals surface area contributed by atoms with Gasteiger partial charge in [0.1, 0.15) is 0 Å². The Labute approximate surface area is 133 Å². The highest BCUT2D eigenvalue weighted by Crippen LogP contribution is 2.27. The van der Waals surface area contributed by atoms with Gasteiger partial charge in [0.25, 0.3) is 6.01 Å². The Kier molecular flexibility index (Phi) is 4.05. The third kappa shape index (κ3) is 3.55. The van der Waals surface area contributed by atoms with Crippen molar-refractivity contribution < 1.29 is 9.21 Å². The van der Waals surface area contributed by atoms with Crippen molar-refractivity contribution in [3.63, 3.8) is 0 Å². The second-order valence-corrected chi connectivity index (χ2v) is 5.11. The summed E-state index contributed by atoms with van der Waals surface area (Å²) in [6, 6.07) is 9.72. The van der Waals surface area contributed by atoms with E-state index in [-0.39, 0.29) is 5.91 Å². The molecular weight excluding hydrogens is 292 g/mol. The number of pyridine rings is 1. The molecule has 2 aromatic heterocycles. The molecule has 0 atom stereocenters. The van der Waals surface area contributed by atoms with Crippen molar-refractivity contribution in [2.24, 2.45) is 0 Å². The van der Waals surface area contributed by atoms with Crippen molar-refractivity contribution in [3.05, 3.63) is 54.5 Å². The van der Waals surface area contributed by atoms with Gasteiger partial charge in [0.05, 0.1) is 6.20 Å². The first-order valence-electron chi connectivity index (χ1n) is 7.13. The molecule has 23 heavy (non-hydrogen) atoms. The lowest BCUT2D eigenvalue weighted by atomic mass is 10.2. The second-order valence-electron chi connectivity index (χ2n) is 5.11. The third-order valence-corrected chi connectivity index (χ3v) is 3.25. The van der Waals surface area contributed by atoms with Gasteiger partial charge in [0.2, 0.25) is 5.91 Å². The van der Waals surface area contributed by atoms with E-state index in [1.807, 2.05) is 37.3 Å². The highest BCUT2D eigenvalue weighted by atomic mass is 16.4. The molecule has 1 amide bonds. The molecule has 1 aromatic carbocycles. The zero-order valence-corrected chi connectivity index (χ0v) is 12.8. The largest absolute Gasteiger partial charge is 0.423 e. The van der Waals surface area contributed by atoms with Crippen molar-refractivity contribution in [1.29, 1.82) is 0 Å². The van der Waals surface area contributed by atoms with Crippen LogP contribution in [0.2, 0.25) is 0 Å². The van der Waals surface area contributed by atoms with Crippen LogP contribution in [0.15, 0.2) is 53.3 Å². The number of rotatable bonds is 4. The normalized spacial score (nSPS) is 10.3. The number of aryl methyl sites for hydroxylation is 1. The number of benzene rings is 1. The topological polar surface area (TPSA) is 80.0 Å². The van der Waals surface area contributed by atoms with Gasteiger partial charge in [0, 0.05) is 36.3 Å². The Bertz CT molecular complexity index is 828. The van der Waals surface area contributed by atoms with Gasteiger partial charge < -0.3 is 15.1 Å². The number of nitrogens with one attached hydrogen (secondary N) is 2. The van der Waals surface area contributed by atoms with Crippen LogP contribution >= 0.6 is 0 Å². The molecule has 6 nitrogen and oxygen atoms in total. The van der Waals surface area contributed by atoms with Gasteiger partial charge in [-0.25, -0.2) is 4.98 Å². The van der Waals surface area contributed by atoms with Crippen LogP contribution < -0.4 is 10.6 Å². The minimum absolute atomic E-state index is 0.116. The highest BCUT2D eigenvalue weighted by Gasteiger charge is 2.08. The summed E-state index contributed by atoms with van der Waals surface area (Å²) in [6.07, 6.45) is 5.06. The monoisotopic (exact) mass is 308 g/mol. The molecule has 0 aliphatic carbocycles. The van der Waals surface area contributed by atoms with Gasteiger partial charge in [-0.3, -0.25) is 9.78 Å². The molecular formula is C17H16N4O2. The standard InChI is InChI=1S/C17H16N4O2/c1-11-5-6-14(20-12(2)22)8-15(11)21-17-19-10-16(23-17)13-4-3-7-18-9-13/h3-10H,1-2H3,(H,19,21)(H,20,22). The molecule has 0 bridgehead atoms. The highest BCUT2D eigenvalue weighted by molar-refractivity contribution is 5.89. The fraction of sp³-hybridized carbons (Fsp3) is 0.118. The molecule has 0 fully saturated rings. The summed E-state index contributed by atoms with van der Waals surface area (Å²) in [4.78, 5) is 19.4. The van der Waals surface area contributed by atoms with Crippen molar-refractivity contribution in [2.45, 2.75) is 13.8 Å². The number of nitrogens with zero attached hydrogens (tertiary/aromatic N) is 2. The number of carbonyl (C=O) groups excluding carboxylic acids is 1. The predicted octanol–water partition coefficient (Wildman–Crippen LogP) is 3.75. The maximum absolute atomic E-state index is 11.2. The van der Waals surface area contributed by atoms with Crippen LogP contribution in [0, 0.1) is 6.92 Å². The van der Waals surface area contributed by atoms with Crippen molar-refractivity contribution in [2.75, 3.05) is 10.6 Å². The number of hydrogen-bond donors (Lipinski definition) is 2. The van der Waals surface area contributed by atoms with E-state index in [0.29, 0.717) is 17.5 Å². The fourth-order valence-corrected chi connectivity index (χ4v) is 2.13. The lowest BCUT2D eigenvalue weighted by Gasteiger charge is -2.09. The lowest BCUT2D eigenvalue weighted by molar-refractivity contribution is -0.114. The van der Waals surface area contributed by atoms with Crippen LogP contribution in [0.5, 0.6) is 0 Å². The van der Waals surface area contributed by atoms with Crippen LogP contribution in [0.4, 0.5) is 17.4 Å². The van der Waals surface area contributed by atoms with E-state index >= 15 is 0 Å². The van der Waals surface area contributed by atoms with Crippen molar-refractivity contribution in [1.82, 2.24) is 9.97 Å². The van der Waals surface area contributed by atoms with Gasteiger partial charge in [0.15, 0.2) is 5.76 Å². The molecule has 3 rings (SSSR count). The molecule has 0 unspecified atom stereocenters. The third-order valence-electron chi connectivity index (χ3n) is 3.25. The molecule has 0 saturated carbocycles. The average molecular weight is 308 g/mol. The zero-order chi connectivity index (χ0) is 16.2. The minimum Gasteiger partial charge on any atom is -0.423 e. The van der Waals surface area contributed by atoms with Crippen LogP contribution in [-0.4, -0.2) is 15.9 Å². The first-order valence-corrected chi connectivity index (χ1v) is 7.13. The van der Waals surface area contributed by atoms with E-state index in [1.165, 1.54) is 6.92 Å². The van der Waals surface area contributed by atoms with Crippen molar-refractivity contribution >= 4 is 23.3 Å². The molecule has 3 aromatic rings. The summed E-state index contributed by atoms with van der Waals surface area (Å²) in [5, 5.41) is 5.88. The summed E-state index contributed by atoms with van der Waals surface area (Å²) < 4.78 is 5.70. The van der Waals surface area contributed by atoms with Crippen molar-refractivity contribution in [3.8, 4) is 11.3 Å². The minimum atomic E-state index is -0.116. The Balaban J connectivity index is 1.82. The maximum Gasteiger partial charge on any atom is 0.299 e. The molecule has 0 spiro atoms. The first-order chi connectivity index (χ1) is 11.1. The van der Waals surface area contributed by atoms with Crippen LogP contribution in [0.25, 0.3) is 11.3 Å². The van der Waals surface area contributed by atoms with Crippen LogP contribution in [0.3, 0.4) is 0 Å². The van der Waals surface area contributed by atoms with Gasteiger partial charge in [-0.2, -0.15) is 0 Å². The quantitative estimate of drug-likeness (QED) is 0.767. The molecule has 2 N–H and O–H groups in total. The smallest absolute Gasteiger partial charge is 0.299 e. The van der Waals surface area contributed by atoms with Gasteiger partial charge >= 0.3 is 0 Å². The number of amides is 1. The van der Waals surface area contributed by atoms with Crippen LogP contribution in [0.1, 0.15) is 12.5 Å². The zero-order valence-electron chi connectivity index (χ0n) is 12.8. The average Bonchev–Trinajstić information content (AvgIpc) is 3.00. The van der Waals surface area contributed by atoms with E-state index in [0.717, 1.165) is 16.8 Å². The SMILES string of the molecule is CC(=O)Nc1ccc(C)c(Nc2ncc(-c3cccnc3)o2)c1. The summed E-state index contributed by atoms with van der Waals surface area (Å²) in [7, 11) is 0. The number of anilines is 3. The Morgan fingerprint density at radius 3 is 2.83 bits per heavy atom. The number of hydrogen-bond acceptors (Lipinski definition) is 5. The fourth-order valence-electron chi connectivity index (χ4n) is 2.13. The summed E-state index contributed by atoms with van der Waals surface area (Å²) >= 11 is 0. The van der Waals surface area contributed by atoms with E-state index < -0.39 is 0 Å². The Morgan fingerprint density at radius 2 is 2.09 bits per heavy atom. The lowest BCUT2D eigenvalue weighted by Crippen LogP contribution is -2.06. The number of oxazole rings is 1. The van der Waals surface area contributed by atoms with E-state index in [9.17, 15) is 4.79 Å². The van der Waals surface area contributed by atoms with Gasteiger partial charge in [-0.05, 0) is 36.8 Å².